The second-order valence-corrected chi connectivity index (χ2v) is 9.61. The molecule has 0 aliphatic carbocycles. The van der Waals surface area contributed by atoms with Gasteiger partial charge in [-0.05, 0) is 53.8 Å². The summed E-state index contributed by atoms with van der Waals surface area (Å²) < 4.78 is 41.5. The Hall–Kier alpha value is -2.78. The van der Waals surface area contributed by atoms with Crippen LogP contribution in [0, 0.1) is 11.7 Å². The van der Waals surface area contributed by atoms with Gasteiger partial charge in [-0.2, -0.15) is 4.72 Å². The molecule has 31 heavy (non-hydrogen) atoms. The van der Waals surface area contributed by atoms with Gasteiger partial charge < -0.3 is 10.2 Å². The van der Waals surface area contributed by atoms with Crippen LogP contribution in [0.2, 0.25) is 0 Å². The van der Waals surface area contributed by atoms with E-state index < -0.39 is 22.0 Å². The molecular formula is C22H26FN3O4S. The first-order valence-electron chi connectivity index (χ1n) is 10.0. The predicted molar refractivity (Wildman–Crippen MR) is 115 cm³/mol. The summed E-state index contributed by atoms with van der Waals surface area (Å²) in [7, 11) is -3.96. The smallest absolute Gasteiger partial charge is 0.241 e. The number of nitrogens with one attached hydrogen (secondary N) is 2. The van der Waals surface area contributed by atoms with Crippen LogP contribution in [0.15, 0.2) is 47.4 Å². The van der Waals surface area contributed by atoms with Crippen LogP contribution in [-0.2, 0) is 32.6 Å². The van der Waals surface area contributed by atoms with E-state index in [1.807, 2.05) is 0 Å². The zero-order valence-electron chi connectivity index (χ0n) is 17.7. The van der Waals surface area contributed by atoms with E-state index in [1.54, 1.807) is 43.0 Å². The molecular weight excluding hydrogens is 421 g/mol. The third-order valence-electron chi connectivity index (χ3n) is 5.25. The van der Waals surface area contributed by atoms with E-state index in [4.69, 9.17) is 0 Å². The Kier molecular flexibility index (Phi) is 6.76. The number of hydrogen-bond acceptors (Lipinski definition) is 4. The maximum Gasteiger partial charge on any atom is 0.241 e. The SMILES string of the molecule is CC(=O)N1CCc2cc(S(=O)(=O)N[C@@H](C(=O)NCc3ccc(F)cc3)C(C)C)ccc21. The Bertz CT molecular complexity index is 1080. The molecule has 0 radical (unpaired) electrons. The van der Waals surface area contributed by atoms with Crippen LogP contribution in [0.25, 0.3) is 0 Å². The summed E-state index contributed by atoms with van der Waals surface area (Å²) in [4.78, 5) is 26.0. The number of fused-ring (bicyclic) bond motifs is 1. The minimum atomic E-state index is -3.96. The molecule has 2 aromatic rings. The lowest BCUT2D eigenvalue weighted by Crippen LogP contribution is -2.49. The van der Waals surface area contributed by atoms with Crippen molar-refractivity contribution in [1.29, 1.82) is 0 Å². The standard InChI is InChI=1S/C22H26FN3O4S/c1-14(2)21(22(28)24-13-16-4-6-18(23)7-5-16)25-31(29,30)19-8-9-20-17(12-19)10-11-26(20)15(3)27/h4-9,12,14,21,25H,10-11,13H2,1-3H3,(H,24,28)/t21-/m1/s1. The molecule has 1 aliphatic heterocycles. The monoisotopic (exact) mass is 447 g/mol. The average Bonchev–Trinajstić information content (AvgIpc) is 3.15. The van der Waals surface area contributed by atoms with E-state index in [2.05, 4.69) is 10.0 Å². The highest BCUT2D eigenvalue weighted by Crippen LogP contribution is 2.30. The van der Waals surface area contributed by atoms with Gasteiger partial charge in [0.15, 0.2) is 0 Å². The molecule has 0 unspecified atom stereocenters. The molecule has 0 saturated carbocycles. The summed E-state index contributed by atoms with van der Waals surface area (Å²) >= 11 is 0. The number of anilines is 1. The number of rotatable bonds is 7. The Balaban J connectivity index is 1.73. The first-order valence-corrected chi connectivity index (χ1v) is 11.5. The Labute approximate surface area is 181 Å². The summed E-state index contributed by atoms with van der Waals surface area (Å²) in [5, 5.41) is 2.70. The van der Waals surface area contributed by atoms with Crippen molar-refractivity contribution in [2.75, 3.05) is 11.4 Å². The highest BCUT2D eigenvalue weighted by Gasteiger charge is 2.30. The molecule has 0 fully saturated rings. The van der Waals surface area contributed by atoms with Crippen molar-refractivity contribution in [2.24, 2.45) is 5.92 Å². The zero-order chi connectivity index (χ0) is 22.8. The van der Waals surface area contributed by atoms with Gasteiger partial charge in [0.05, 0.1) is 4.90 Å². The van der Waals surface area contributed by atoms with Crippen LogP contribution < -0.4 is 14.9 Å². The number of benzene rings is 2. The van der Waals surface area contributed by atoms with E-state index in [0.717, 1.165) is 5.56 Å². The molecule has 1 aliphatic rings. The Morgan fingerprint density at radius 3 is 2.42 bits per heavy atom. The average molecular weight is 448 g/mol. The van der Waals surface area contributed by atoms with Crippen molar-refractivity contribution in [2.45, 2.75) is 44.7 Å². The number of sulfonamides is 1. The predicted octanol–water partition coefficient (Wildman–Crippen LogP) is 2.35. The van der Waals surface area contributed by atoms with Crippen molar-refractivity contribution in [3.63, 3.8) is 0 Å². The Morgan fingerprint density at radius 1 is 1.13 bits per heavy atom. The molecule has 2 N–H and O–H groups in total. The van der Waals surface area contributed by atoms with E-state index >= 15 is 0 Å². The van der Waals surface area contributed by atoms with Gasteiger partial charge in [-0.3, -0.25) is 9.59 Å². The van der Waals surface area contributed by atoms with Crippen molar-refractivity contribution in [3.05, 3.63) is 59.4 Å². The van der Waals surface area contributed by atoms with Gasteiger partial charge >= 0.3 is 0 Å². The first-order chi connectivity index (χ1) is 14.6. The topological polar surface area (TPSA) is 95.6 Å². The molecule has 0 bridgehead atoms. The fraction of sp³-hybridized carbons (Fsp3) is 0.364. The van der Waals surface area contributed by atoms with Crippen LogP contribution in [0.5, 0.6) is 0 Å². The molecule has 2 aromatic carbocycles. The van der Waals surface area contributed by atoms with Gasteiger partial charge in [-0.1, -0.05) is 26.0 Å². The summed E-state index contributed by atoms with van der Waals surface area (Å²) in [5.41, 5.74) is 2.19. The maximum atomic E-state index is 13.0. The van der Waals surface area contributed by atoms with Gasteiger partial charge in [-0.15, -0.1) is 0 Å². The number of nitrogens with zero attached hydrogens (tertiary/aromatic N) is 1. The van der Waals surface area contributed by atoms with Crippen molar-refractivity contribution >= 4 is 27.5 Å². The Morgan fingerprint density at radius 2 is 1.81 bits per heavy atom. The van der Waals surface area contributed by atoms with Gasteiger partial charge in [-0.25, -0.2) is 12.8 Å². The summed E-state index contributed by atoms with van der Waals surface area (Å²) in [5.74, 6) is -1.23. The van der Waals surface area contributed by atoms with E-state index in [1.165, 1.54) is 25.1 Å². The maximum absolute atomic E-state index is 13.0. The number of carbonyl (C=O) groups is 2. The number of carbonyl (C=O) groups excluding carboxylic acids is 2. The number of hydrogen-bond donors (Lipinski definition) is 2. The van der Waals surface area contributed by atoms with Crippen LogP contribution in [0.4, 0.5) is 10.1 Å². The van der Waals surface area contributed by atoms with E-state index in [-0.39, 0.29) is 29.1 Å². The largest absolute Gasteiger partial charge is 0.351 e. The van der Waals surface area contributed by atoms with E-state index in [9.17, 15) is 22.4 Å². The van der Waals surface area contributed by atoms with Crippen LogP contribution in [0.3, 0.4) is 0 Å². The lowest BCUT2D eigenvalue weighted by Gasteiger charge is -2.22. The highest BCUT2D eigenvalue weighted by atomic mass is 32.2. The fourth-order valence-corrected chi connectivity index (χ4v) is 4.90. The van der Waals surface area contributed by atoms with Gasteiger partial charge in [0.1, 0.15) is 11.9 Å². The quantitative estimate of drug-likeness (QED) is 0.681. The second kappa shape index (κ2) is 9.15. The molecule has 0 spiro atoms. The molecule has 3 rings (SSSR count). The number of halogens is 1. The van der Waals surface area contributed by atoms with Crippen LogP contribution in [0.1, 0.15) is 31.9 Å². The van der Waals surface area contributed by atoms with Crippen LogP contribution >= 0.6 is 0 Å². The van der Waals surface area contributed by atoms with Crippen molar-refractivity contribution in [3.8, 4) is 0 Å². The molecule has 2 amide bonds. The molecule has 0 aromatic heterocycles. The third kappa shape index (κ3) is 5.29. The summed E-state index contributed by atoms with van der Waals surface area (Å²) in [6, 6.07) is 9.34. The highest BCUT2D eigenvalue weighted by molar-refractivity contribution is 7.89. The summed E-state index contributed by atoms with van der Waals surface area (Å²) in [6.07, 6.45) is 0.573. The first kappa shape index (κ1) is 22.9. The van der Waals surface area contributed by atoms with Gasteiger partial charge in [0.2, 0.25) is 21.8 Å². The van der Waals surface area contributed by atoms with Gasteiger partial charge in [0, 0.05) is 25.7 Å². The van der Waals surface area contributed by atoms with Gasteiger partial charge in [0.25, 0.3) is 0 Å². The fourth-order valence-electron chi connectivity index (χ4n) is 3.50. The minimum Gasteiger partial charge on any atom is -0.351 e. The normalized spacial score (nSPS) is 14.4. The second-order valence-electron chi connectivity index (χ2n) is 7.90. The lowest BCUT2D eigenvalue weighted by atomic mass is 10.0. The molecule has 0 saturated heterocycles. The summed E-state index contributed by atoms with van der Waals surface area (Å²) in [6.45, 7) is 5.64. The van der Waals surface area contributed by atoms with Crippen LogP contribution in [-0.4, -0.2) is 32.8 Å². The molecule has 7 nitrogen and oxygen atoms in total. The molecule has 166 valence electrons. The number of amides is 2. The van der Waals surface area contributed by atoms with Crippen molar-refractivity contribution in [1.82, 2.24) is 10.0 Å². The van der Waals surface area contributed by atoms with Crippen molar-refractivity contribution < 1.29 is 22.4 Å². The minimum absolute atomic E-state index is 0.0497. The molecule has 1 atom stereocenters. The third-order valence-corrected chi connectivity index (χ3v) is 6.69. The molecule has 1 heterocycles. The molecule has 9 heteroatoms. The zero-order valence-corrected chi connectivity index (χ0v) is 18.5. The lowest BCUT2D eigenvalue weighted by molar-refractivity contribution is -0.123. The van der Waals surface area contributed by atoms with E-state index in [0.29, 0.717) is 24.2 Å².